The van der Waals surface area contributed by atoms with Gasteiger partial charge in [0, 0.05) is 6.42 Å². The first kappa shape index (κ1) is 54.3. The second-order valence-electron chi connectivity index (χ2n) is 15.4. The van der Waals surface area contributed by atoms with Crippen molar-refractivity contribution in [2.24, 2.45) is 0 Å². The Morgan fingerprint density at radius 3 is 1.77 bits per heavy atom. The van der Waals surface area contributed by atoms with Gasteiger partial charge in [-0.15, -0.1) is 0 Å². The van der Waals surface area contributed by atoms with Crippen LogP contribution in [-0.4, -0.2) is 140 Å². The fraction of sp³-hybridized carbons (Fsp3) is 0.681. The van der Waals surface area contributed by atoms with Crippen LogP contribution in [0, 0.1) is 0 Å². The first-order chi connectivity index (χ1) is 29.6. The largest absolute Gasteiger partial charge is 0.394 e. The van der Waals surface area contributed by atoms with E-state index < -0.39 is 86.8 Å². The standard InChI is InChI=1S/C47H77NO13/c1-3-5-7-9-11-13-15-17-18-19-21-23-25-27-29-31-39(52)48-35(36(51)30-28-26-24-22-20-16-14-12-10-8-6-4-2)34-58-46-44(57)42(55)45(38(33-50)60-46)61-47-43(56)41(54)40(53)37(32-49)59-47/h5,7,11,13,17-18,20-23,27-30,35-38,40-47,49-51,53-57H,3-4,6,8-10,12,14-16,19,24-26,31-34H2,1-2H3,(H,48,52)/b7-5-,13-11-,18-17-,22-20+,23-21-,29-27-,30-28+. The van der Waals surface area contributed by atoms with Gasteiger partial charge in [0.1, 0.15) is 48.8 Å². The predicted molar refractivity (Wildman–Crippen MR) is 235 cm³/mol. The third-order valence-electron chi connectivity index (χ3n) is 10.3. The van der Waals surface area contributed by atoms with Crippen molar-refractivity contribution in [3.63, 3.8) is 0 Å². The smallest absolute Gasteiger partial charge is 0.224 e. The molecule has 2 aliphatic heterocycles. The molecule has 0 aromatic heterocycles. The van der Waals surface area contributed by atoms with Crippen LogP contribution in [0.1, 0.15) is 110 Å². The summed E-state index contributed by atoms with van der Waals surface area (Å²) in [6, 6.07) is -0.988. The molecule has 1 amide bonds. The number of nitrogens with one attached hydrogen (secondary N) is 1. The fourth-order valence-electron chi connectivity index (χ4n) is 6.66. The zero-order valence-corrected chi connectivity index (χ0v) is 36.4. The van der Waals surface area contributed by atoms with Crippen molar-refractivity contribution < 1.29 is 64.6 Å². The van der Waals surface area contributed by atoms with Crippen LogP contribution in [0.4, 0.5) is 0 Å². The molecule has 2 fully saturated rings. The molecule has 0 aliphatic carbocycles. The zero-order chi connectivity index (χ0) is 44.7. The third kappa shape index (κ3) is 21.9. The maximum Gasteiger partial charge on any atom is 0.224 e. The van der Waals surface area contributed by atoms with Crippen molar-refractivity contribution in [1.29, 1.82) is 0 Å². The van der Waals surface area contributed by atoms with Gasteiger partial charge in [0.05, 0.1) is 32.0 Å². The van der Waals surface area contributed by atoms with Gasteiger partial charge in [0.15, 0.2) is 12.6 Å². The average Bonchev–Trinajstić information content (AvgIpc) is 3.26. The molecule has 14 nitrogen and oxygen atoms in total. The van der Waals surface area contributed by atoms with Gasteiger partial charge in [-0.05, 0) is 57.8 Å². The average molecular weight is 864 g/mol. The number of carbonyl (C=O) groups excluding carboxylic acids is 1. The monoisotopic (exact) mass is 864 g/mol. The number of aliphatic hydroxyl groups excluding tert-OH is 8. The van der Waals surface area contributed by atoms with Gasteiger partial charge < -0.3 is 65.1 Å². The molecule has 0 spiro atoms. The number of rotatable bonds is 31. The van der Waals surface area contributed by atoms with Crippen LogP contribution in [0.2, 0.25) is 0 Å². The number of carbonyl (C=O) groups is 1. The van der Waals surface area contributed by atoms with Crippen LogP contribution in [0.5, 0.6) is 0 Å². The van der Waals surface area contributed by atoms with Crippen molar-refractivity contribution in [2.45, 2.75) is 184 Å². The number of unbranched alkanes of at least 4 members (excludes halogenated alkanes) is 7. The van der Waals surface area contributed by atoms with Crippen LogP contribution in [-0.2, 0) is 23.7 Å². The van der Waals surface area contributed by atoms with E-state index in [0.29, 0.717) is 12.8 Å². The molecular formula is C47H77NO13. The summed E-state index contributed by atoms with van der Waals surface area (Å²) in [5.41, 5.74) is 0. The Morgan fingerprint density at radius 2 is 1.15 bits per heavy atom. The number of allylic oxidation sites excluding steroid dienone is 12. The summed E-state index contributed by atoms with van der Waals surface area (Å²) in [4.78, 5) is 13.0. The number of aliphatic hydroxyl groups is 8. The molecule has 0 aromatic rings. The molecule has 0 aromatic carbocycles. The summed E-state index contributed by atoms with van der Waals surface area (Å²) < 4.78 is 22.5. The van der Waals surface area contributed by atoms with Gasteiger partial charge in [-0.3, -0.25) is 4.79 Å². The van der Waals surface area contributed by atoms with Crippen molar-refractivity contribution >= 4 is 5.91 Å². The Morgan fingerprint density at radius 1 is 0.607 bits per heavy atom. The van der Waals surface area contributed by atoms with Gasteiger partial charge in [-0.2, -0.15) is 0 Å². The van der Waals surface area contributed by atoms with Crippen molar-refractivity contribution in [1.82, 2.24) is 5.32 Å². The normalized spacial score (nSPS) is 28.8. The molecule has 0 saturated carbocycles. The molecule has 12 atom stereocenters. The van der Waals surface area contributed by atoms with Crippen molar-refractivity contribution in [3.8, 4) is 0 Å². The molecule has 0 bridgehead atoms. The van der Waals surface area contributed by atoms with Crippen LogP contribution in [0.3, 0.4) is 0 Å². The molecular weight excluding hydrogens is 787 g/mol. The lowest BCUT2D eigenvalue weighted by atomic mass is 9.97. The van der Waals surface area contributed by atoms with E-state index in [1.54, 1.807) is 12.2 Å². The van der Waals surface area contributed by atoms with Gasteiger partial charge in [0.25, 0.3) is 0 Å². The van der Waals surface area contributed by atoms with E-state index in [2.05, 4.69) is 73.8 Å². The lowest BCUT2D eigenvalue weighted by molar-refractivity contribution is -0.359. The molecule has 0 radical (unpaired) electrons. The quantitative estimate of drug-likeness (QED) is 0.0351. The topological polar surface area (TPSA) is 228 Å². The highest BCUT2D eigenvalue weighted by Gasteiger charge is 2.50. The SMILES string of the molecule is CC/C=C\C/C=C\C/C=C\C/C=C\C/C=C\CC(=O)NC(COC1OC(CO)C(OC2OC(CO)C(O)C(O)C2O)C(O)C1O)C(O)/C=C/CC/C=C/CCCCCCCC. The second kappa shape index (κ2) is 33.7. The Labute approximate surface area is 363 Å². The molecule has 61 heavy (non-hydrogen) atoms. The molecule has 2 heterocycles. The highest BCUT2D eigenvalue weighted by atomic mass is 16.7. The molecule has 348 valence electrons. The third-order valence-corrected chi connectivity index (χ3v) is 10.3. The minimum absolute atomic E-state index is 0.0364. The highest BCUT2D eigenvalue weighted by Crippen LogP contribution is 2.29. The fourth-order valence-corrected chi connectivity index (χ4v) is 6.66. The van der Waals surface area contributed by atoms with Crippen LogP contribution in [0.25, 0.3) is 0 Å². The minimum Gasteiger partial charge on any atom is -0.394 e. The van der Waals surface area contributed by atoms with E-state index in [-0.39, 0.29) is 18.9 Å². The van der Waals surface area contributed by atoms with Gasteiger partial charge >= 0.3 is 0 Å². The summed E-state index contributed by atoms with van der Waals surface area (Å²) in [5.74, 6) is -0.383. The molecule has 14 heteroatoms. The summed E-state index contributed by atoms with van der Waals surface area (Å²) >= 11 is 0. The maximum absolute atomic E-state index is 13.0. The number of hydrogen-bond acceptors (Lipinski definition) is 13. The molecule has 9 N–H and O–H groups in total. The number of amides is 1. The molecule has 2 rings (SSSR count). The van der Waals surface area contributed by atoms with Crippen LogP contribution < -0.4 is 5.32 Å². The Hall–Kier alpha value is -2.83. The Balaban J connectivity index is 1.98. The lowest BCUT2D eigenvalue weighted by Gasteiger charge is -2.46. The lowest BCUT2D eigenvalue weighted by Crippen LogP contribution is -2.65. The first-order valence-corrected chi connectivity index (χ1v) is 22.3. The van der Waals surface area contributed by atoms with Gasteiger partial charge in [0.2, 0.25) is 5.91 Å². The van der Waals surface area contributed by atoms with Gasteiger partial charge in [-0.1, -0.05) is 131 Å². The zero-order valence-electron chi connectivity index (χ0n) is 36.4. The molecule has 2 aliphatic rings. The second-order valence-corrected chi connectivity index (χ2v) is 15.4. The van der Waals surface area contributed by atoms with E-state index in [1.165, 1.54) is 32.1 Å². The van der Waals surface area contributed by atoms with Gasteiger partial charge in [-0.25, -0.2) is 0 Å². The Bertz CT molecular complexity index is 1350. The van der Waals surface area contributed by atoms with E-state index >= 15 is 0 Å². The first-order valence-electron chi connectivity index (χ1n) is 22.3. The van der Waals surface area contributed by atoms with Crippen LogP contribution in [0.15, 0.2) is 85.1 Å². The van der Waals surface area contributed by atoms with E-state index in [0.717, 1.165) is 44.9 Å². The minimum atomic E-state index is -1.80. The van der Waals surface area contributed by atoms with E-state index in [1.807, 2.05) is 18.2 Å². The van der Waals surface area contributed by atoms with Crippen molar-refractivity contribution in [3.05, 3.63) is 85.1 Å². The van der Waals surface area contributed by atoms with E-state index in [4.69, 9.17) is 18.9 Å². The Kier molecular flexibility index (Phi) is 30.0. The van der Waals surface area contributed by atoms with Crippen molar-refractivity contribution in [2.75, 3.05) is 19.8 Å². The number of ether oxygens (including phenoxy) is 4. The molecule has 2 saturated heterocycles. The summed E-state index contributed by atoms with van der Waals surface area (Å²) in [5, 5.41) is 86.3. The predicted octanol–water partition coefficient (Wildman–Crippen LogP) is 4.26. The molecule has 12 unspecified atom stereocenters. The summed E-state index contributed by atoms with van der Waals surface area (Å²) in [6.07, 6.45) is 25.2. The summed E-state index contributed by atoms with van der Waals surface area (Å²) in [6.45, 7) is 2.52. The van der Waals surface area contributed by atoms with Crippen LogP contribution >= 0.6 is 0 Å². The highest BCUT2D eigenvalue weighted by molar-refractivity contribution is 5.77. The number of hydrogen-bond donors (Lipinski definition) is 9. The van der Waals surface area contributed by atoms with E-state index in [9.17, 15) is 45.6 Å². The summed E-state index contributed by atoms with van der Waals surface area (Å²) in [7, 11) is 0. The maximum atomic E-state index is 13.0.